The van der Waals surface area contributed by atoms with Crippen LogP contribution in [0.3, 0.4) is 0 Å². The van der Waals surface area contributed by atoms with Crippen LogP contribution in [0.2, 0.25) is 0 Å². The summed E-state index contributed by atoms with van der Waals surface area (Å²) in [7, 11) is 0. The Morgan fingerprint density at radius 2 is 2.11 bits per heavy atom. The second kappa shape index (κ2) is 3.48. The summed E-state index contributed by atoms with van der Waals surface area (Å²) >= 11 is 0. The van der Waals surface area contributed by atoms with Gasteiger partial charge in [-0.2, -0.15) is 0 Å². The van der Waals surface area contributed by atoms with Crippen molar-refractivity contribution in [2.24, 2.45) is 0 Å². The van der Waals surface area contributed by atoms with Crippen LogP contribution in [0.1, 0.15) is 0 Å². The molecule has 0 spiro atoms. The maximum absolute atomic E-state index is 5.91. The van der Waals surface area contributed by atoms with Crippen molar-refractivity contribution in [3.63, 3.8) is 0 Å². The fraction of sp³-hybridized carbons (Fsp3) is 0. The first-order valence-electron chi connectivity index (χ1n) is 5.58. The highest BCUT2D eigenvalue weighted by Crippen LogP contribution is 2.23. The first-order chi connectivity index (χ1) is 9.34. The molecule has 0 aliphatic carbocycles. The second-order valence-electron chi connectivity index (χ2n) is 4.00. The normalized spacial score (nSPS) is 11.4. The van der Waals surface area contributed by atoms with Crippen LogP contribution in [0.25, 0.3) is 28.3 Å². The van der Waals surface area contributed by atoms with Gasteiger partial charge in [0, 0.05) is 6.20 Å². The molecule has 4 heterocycles. The summed E-state index contributed by atoms with van der Waals surface area (Å²) in [4.78, 5) is 15.5. The van der Waals surface area contributed by atoms with Crippen molar-refractivity contribution < 1.29 is 0 Å². The number of H-pyrrole nitrogens is 1. The molecule has 19 heavy (non-hydrogen) atoms. The number of nitrogens with two attached hydrogens (primary N) is 1. The largest absolute Gasteiger partial charge is 0.397 e. The van der Waals surface area contributed by atoms with E-state index in [0.29, 0.717) is 28.5 Å². The summed E-state index contributed by atoms with van der Waals surface area (Å²) in [5.74, 6) is 0.553. The molecule has 0 aromatic carbocycles. The number of imidazole rings is 1. The third kappa shape index (κ3) is 1.30. The van der Waals surface area contributed by atoms with E-state index in [0.717, 1.165) is 5.52 Å². The van der Waals surface area contributed by atoms with Gasteiger partial charge in [-0.05, 0) is 12.1 Å². The zero-order chi connectivity index (χ0) is 12.8. The van der Waals surface area contributed by atoms with E-state index in [1.54, 1.807) is 35.4 Å². The fourth-order valence-electron chi connectivity index (χ4n) is 2.00. The number of fused-ring (bicyclic) bond motifs is 3. The Bertz CT molecular complexity index is 890. The molecule has 0 fully saturated rings. The number of aromatic nitrogens is 7. The van der Waals surface area contributed by atoms with Crippen LogP contribution in [-0.4, -0.2) is 34.5 Å². The Kier molecular flexibility index (Phi) is 1.82. The molecule has 0 bridgehead atoms. The van der Waals surface area contributed by atoms with E-state index in [9.17, 15) is 0 Å². The number of nitrogens with one attached hydrogen (secondary N) is 1. The van der Waals surface area contributed by atoms with E-state index in [1.165, 1.54) is 0 Å². The predicted molar refractivity (Wildman–Crippen MR) is 68.1 cm³/mol. The lowest BCUT2D eigenvalue weighted by molar-refractivity contribution is 1.07. The number of nitrogens with zero attached hydrogens (tertiary/aromatic N) is 6. The summed E-state index contributed by atoms with van der Waals surface area (Å²) in [6, 6.07) is 3.54. The fourth-order valence-corrected chi connectivity index (χ4v) is 2.00. The maximum Gasteiger partial charge on any atom is 0.190 e. The van der Waals surface area contributed by atoms with Gasteiger partial charge in [0.25, 0.3) is 0 Å². The molecule has 92 valence electrons. The van der Waals surface area contributed by atoms with Gasteiger partial charge in [-0.3, -0.25) is 9.38 Å². The third-order valence-corrected chi connectivity index (χ3v) is 2.88. The van der Waals surface area contributed by atoms with Crippen molar-refractivity contribution in [1.82, 2.24) is 34.5 Å². The van der Waals surface area contributed by atoms with Gasteiger partial charge in [0.2, 0.25) is 0 Å². The van der Waals surface area contributed by atoms with E-state index in [-0.39, 0.29) is 0 Å². The van der Waals surface area contributed by atoms with Gasteiger partial charge in [-0.1, -0.05) is 0 Å². The average Bonchev–Trinajstić information content (AvgIpc) is 3.04. The molecule has 0 atom stereocenters. The number of aromatic amines is 1. The predicted octanol–water partition coefficient (Wildman–Crippen LogP) is 0.645. The van der Waals surface area contributed by atoms with Crippen LogP contribution in [0.4, 0.5) is 5.69 Å². The summed E-state index contributed by atoms with van der Waals surface area (Å²) in [5.41, 5.74) is 9.00. The van der Waals surface area contributed by atoms with Crippen LogP contribution in [0.5, 0.6) is 0 Å². The van der Waals surface area contributed by atoms with E-state index >= 15 is 0 Å². The van der Waals surface area contributed by atoms with Crippen LogP contribution in [0, 0.1) is 0 Å². The van der Waals surface area contributed by atoms with Crippen LogP contribution >= 0.6 is 0 Å². The minimum Gasteiger partial charge on any atom is -0.397 e. The maximum atomic E-state index is 5.91. The average molecular weight is 252 g/mol. The molecule has 0 saturated carbocycles. The number of rotatable bonds is 1. The molecule has 4 rings (SSSR count). The van der Waals surface area contributed by atoms with Crippen LogP contribution in [0.15, 0.2) is 31.0 Å². The molecule has 4 aromatic rings. The number of nitrogen functional groups attached to an aromatic ring is 1. The molecule has 8 heteroatoms. The first kappa shape index (κ1) is 9.95. The van der Waals surface area contributed by atoms with Crippen molar-refractivity contribution in [3.8, 4) is 11.5 Å². The molecule has 8 nitrogen and oxygen atoms in total. The highest BCUT2D eigenvalue weighted by Gasteiger charge is 2.15. The molecular weight excluding hydrogens is 244 g/mol. The first-order valence-corrected chi connectivity index (χ1v) is 5.58. The number of pyridine rings is 1. The second-order valence-corrected chi connectivity index (χ2v) is 4.00. The smallest absolute Gasteiger partial charge is 0.190 e. The van der Waals surface area contributed by atoms with Gasteiger partial charge >= 0.3 is 0 Å². The summed E-state index contributed by atoms with van der Waals surface area (Å²) < 4.78 is 1.74. The molecule has 0 unspecified atom stereocenters. The van der Waals surface area contributed by atoms with E-state index in [2.05, 4.69) is 30.1 Å². The molecule has 0 aliphatic rings. The molecule has 3 N–H and O–H groups in total. The lowest BCUT2D eigenvalue weighted by Gasteiger charge is -2.01. The third-order valence-electron chi connectivity index (χ3n) is 2.88. The van der Waals surface area contributed by atoms with Crippen LogP contribution in [-0.2, 0) is 0 Å². The standard InChI is InChI=1S/C11H8N8/c12-6-2-1-3-13-7(6)10-17-18-11-8-9(15-4-14-8)16-5-19(10)11/h1-5H,12H2,(H,14,15). The van der Waals surface area contributed by atoms with Crippen molar-refractivity contribution in [2.45, 2.75) is 0 Å². The molecule has 4 aromatic heterocycles. The summed E-state index contributed by atoms with van der Waals surface area (Å²) in [6.07, 6.45) is 4.85. The summed E-state index contributed by atoms with van der Waals surface area (Å²) in [5, 5.41) is 8.28. The Labute approximate surface area is 106 Å². The minimum atomic E-state index is 0.543. The van der Waals surface area contributed by atoms with Gasteiger partial charge in [0.1, 0.15) is 17.5 Å². The van der Waals surface area contributed by atoms with Crippen molar-refractivity contribution in [3.05, 3.63) is 31.0 Å². The Hall–Kier alpha value is -3.03. The molecule has 0 saturated heterocycles. The number of hydrogen-bond acceptors (Lipinski definition) is 6. The van der Waals surface area contributed by atoms with Crippen molar-refractivity contribution in [1.29, 1.82) is 0 Å². The van der Waals surface area contributed by atoms with E-state index in [4.69, 9.17) is 5.73 Å². The van der Waals surface area contributed by atoms with Crippen LogP contribution < -0.4 is 5.73 Å². The zero-order valence-corrected chi connectivity index (χ0v) is 9.65. The van der Waals surface area contributed by atoms with Gasteiger partial charge < -0.3 is 10.7 Å². The summed E-state index contributed by atoms with van der Waals surface area (Å²) in [6.45, 7) is 0. The van der Waals surface area contributed by atoms with E-state index < -0.39 is 0 Å². The SMILES string of the molecule is Nc1cccnc1-c1nnc2c3[nH]cnc3ncn12. The zero-order valence-electron chi connectivity index (χ0n) is 9.65. The highest BCUT2D eigenvalue weighted by molar-refractivity contribution is 5.85. The quantitative estimate of drug-likeness (QED) is 0.514. The number of hydrogen-bond donors (Lipinski definition) is 2. The monoisotopic (exact) mass is 252 g/mol. The molecule has 0 radical (unpaired) electrons. The van der Waals surface area contributed by atoms with Crippen molar-refractivity contribution in [2.75, 3.05) is 5.73 Å². The van der Waals surface area contributed by atoms with Gasteiger partial charge in [0.15, 0.2) is 17.1 Å². The van der Waals surface area contributed by atoms with Gasteiger partial charge in [-0.25, -0.2) is 9.97 Å². The van der Waals surface area contributed by atoms with E-state index in [1.807, 2.05) is 0 Å². The molecule has 0 aliphatic heterocycles. The van der Waals surface area contributed by atoms with Gasteiger partial charge in [0.05, 0.1) is 12.0 Å². The number of anilines is 1. The Balaban J connectivity index is 2.09. The van der Waals surface area contributed by atoms with Crippen molar-refractivity contribution >= 4 is 22.5 Å². The van der Waals surface area contributed by atoms with Gasteiger partial charge in [-0.15, -0.1) is 10.2 Å². The highest BCUT2D eigenvalue weighted by atomic mass is 15.3. The lowest BCUT2D eigenvalue weighted by Crippen LogP contribution is -1.98. The minimum absolute atomic E-state index is 0.543. The molecule has 0 amide bonds. The Morgan fingerprint density at radius 1 is 1.16 bits per heavy atom. The topological polar surface area (TPSA) is 111 Å². The molecular formula is C11H8N8. The lowest BCUT2D eigenvalue weighted by atomic mass is 10.3. The Morgan fingerprint density at radius 3 is 3.00 bits per heavy atom.